The molecule has 3 rings (SSSR count). The molecule has 3 aromatic rings. The molecule has 1 heterocycles. The van der Waals surface area contributed by atoms with Crippen LogP contribution in [0.25, 0.3) is 0 Å². The fourth-order valence-electron chi connectivity index (χ4n) is 4.24. The second-order valence-corrected chi connectivity index (χ2v) is 13.6. The number of anilines is 1. The number of nitrogens with two attached hydrogens (primary N) is 1. The Hall–Kier alpha value is -5.56. The van der Waals surface area contributed by atoms with E-state index in [-0.39, 0.29) is 43.5 Å². The highest BCUT2D eigenvalue weighted by Gasteiger charge is 2.29. The Morgan fingerprint density at radius 2 is 1.67 bits per heavy atom. The molecule has 0 unspecified atom stereocenters. The Labute approximate surface area is 307 Å². The van der Waals surface area contributed by atoms with E-state index in [1.165, 1.54) is 45.9 Å². The minimum atomic E-state index is -1.06. The second kappa shape index (κ2) is 21.6. The lowest BCUT2D eigenvalue weighted by Gasteiger charge is -2.25. The molecule has 52 heavy (non-hydrogen) atoms. The average Bonchev–Trinajstić information content (AvgIpc) is 3.11. The number of benzene rings is 2. The van der Waals surface area contributed by atoms with Crippen LogP contribution in [0.4, 0.5) is 25.8 Å². The third-order valence-electron chi connectivity index (χ3n) is 6.83. The van der Waals surface area contributed by atoms with Crippen molar-refractivity contribution in [2.75, 3.05) is 24.2 Å². The van der Waals surface area contributed by atoms with E-state index in [9.17, 15) is 34.1 Å². The van der Waals surface area contributed by atoms with Crippen molar-refractivity contribution >= 4 is 63.1 Å². The fraction of sp³-hybridized carbons (Fsp3) is 0.333. The Morgan fingerprint density at radius 3 is 2.31 bits per heavy atom. The van der Waals surface area contributed by atoms with Crippen molar-refractivity contribution in [1.82, 2.24) is 20.9 Å². The fourth-order valence-corrected chi connectivity index (χ4v) is 5.94. The summed E-state index contributed by atoms with van der Waals surface area (Å²) in [5, 5.41) is 22.0. The number of carbonyl (C=O) groups is 5. The van der Waals surface area contributed by atoms with Crippen LogP contribution in [0.5, 0.6) is 5.75 Å². The van der Waals surface area contributed by atoms with Crippen LogP contribution in [0.3, 0.4) is 0 Å². The van der Waals surface area contributed by atoms with Crippen LogP contribution < -0.4 is 31.7 Å². The number of ether oxygens (including phenoxy) is 3. The minimum absolute atomic E-state index is 0.0675. The molecule has 0 saturated heterocycles. The lowest BCUT2D eigenvalue weighted by molar-refractivity contribution is -0.384. The molecule has 0 bridgehead atoms. The van der Waals surface area contributed by atoms with Crippen LogP contribution in [-0.4, -0.2) is 71.0 Å². The first kappa shape index (κ1) is 40.9. The number of nitro benzene ring substituents is 1. The van der Waals surface area contributed by atoms with Gasteiger partial charge >= 0.3 is 18.3 Å². The predicted molar refractivity (Wildman–Crippen MR) is 193 cm³/mol. The molecule has 2 aromatic carbocycles. The summed E-state index contributed by atoms with van der Waals surface area (Å²) in [5.41, 5.74) is 5.91. The first-order chi connectivity index (χ1) is 24.9. The lowest BCUT2D eigenvalue weighted by atomic mass is 10.0. The Bertz CT molecular complexity index is 1650. The minimum Gasteiger partial charge on any atom is -0.449 e. The number of nitrogens with one attached hydrogen (secondary N) is 4. The Kier molecular flexibility index (Phi) is 17.0. The number of urea groups is 1. The molecule has 0 aliphatic carbocycles. The van der Waals surface area contributed by atoms with Crippen molar-refractivity contribution in [3.05, 3.63) is 88.6 Å². The van der Waals surface area contributed by atoms with Gasteiger partial charge in [-0.1, -0.05) is 42.8 Å². The third kappa shape index (κ3) is 15.1. The summed E-state index contributed by atoms with van der Waals surface area (Å²) >= 11 is 0. The van der Waals surface area contributed by atoms with Crippen molar-refractivity contribution < 1.29 is 43.1 Å². The number of amides is 5. The standard InChI is InChI=1S/C33H39N7O10S2/c1-21(2)28(39-32(44)48-18-19-51-52-27-7-3-4-16-35-27)30(42)38-26(6-5-17-36-31(34)43)29(41)37-23-10-8-22(9-11-23)20-49-33(45)50-25-14-12-24(13-15-25)40(46)47/h3-4,7-16,21,26,28H,5-6,17-20H2,1-2H3,(H,37,41)(H,38,42)(H,39,44)(H3,34,36,43)/t26-,28-/m0/s1. The molecule has 0 aliphatic rings. The first-order valence-electron chi connectivity index (χ1n) is 15.9. The van der Waals surface area contributed by atoms with Crippen molar-refractivity contribution in [3.8, 4) is 5.75 Å². The van der Waals surface area contributed by atoms with Crippen molar-refractivity contribution in [2.24, 2.45) is 11.7 Å². The number of hydrogen-bond acceptors (Lipinski definition) is 13. The van der Waals surface area contributed by atoms with E-state index < -0.39 is 47.1 Å². The lowest BCUT2D eigenvalue weighted by Crippen LogP contribution is -2.54. The normalized spacial score (nSPS) is 11.8. The molecule has 0 fully saturated rings. The van der Waals surface area contributed by atoms with E-state index in [0.717, 1.165) is 5.03 Å². The van der Waals surface area contributed by atoms with Crippen LogP contribution in [0.2, 0.25) is 0 Å². The zero-order chi connectivity index (χ0) is 37.9. The molecular weight excluding hydrogens is 719 g/mol. The molecule has 0 aliphatic heterocycles. The summed E-state index contributed by atoms with van der Waals surface area (Å²) < 4.78 is 15.4. The summed E-state index contributed by atoms with van der Waals surface area (Å²) in [6.45, 7) is 3.55. The van der Waals surface area contributed by atoms with Crippen LogP contribution in [-0.2, 0) is 25.7 Å². The van der Waals surface area contributed by atoms with E-state index >= 15 is 0 Å². The van der Waals surface area contributed by atoms with E-state index in [1.54, 1.807) is 44.3 Å². The van der Waals surface area contributed by atoms with Crippen LogP contribution in [0, 0.1) is 16.0 Å². The maximum Gasteiger partial charge on any atom is 0.514 e. The van der Waals surface area contributed by atoms with Gasteiger partial charge in [0, 0.05) is 36.3 Å². The number of aromatic nitrogens is 1. The summed E-state index contributed by atoms with van der Waals surface area (Å²) in [6.07, 6.45) is 0.300. The summed E-state index contributed by atoms with van der Waals surface area (Å²) in [6, 6.07) is 14.0. The van der Waals surface area contributed by atoms with Crippen molar-refractivity contribution in [3.63, 3.8) is 0 Å². The molecule has 1 aromatic heterocycles. The van der Waals surface area contributed by atoms with Gasteiger partial charge in [-0.25, -0.2) is 19.4 Å². The molecule has 17 nitrogen and oxygen atoms in total. The van der Waals surface area contributed by atoms with E-state index in [1.807, 2.05) is 18.2 Å². The van der Waals surface area contributed by atoms with Gasteiger partial charge in [-0.2, -0.15) is 0 Å². The van der Waals surface area contributed by atoms with Crippen molar-refractivity contribution in [1.29, 1.82) is 0 Å². The zero-order valence-corrected chi connectivity index (χ0v) is 29.9. The van der Waals surface area contributed by atoms with Crippen LogP contribution >= 0.6 is 21.6 Å². The Morgan fingerprint density at radius 1 is 0.942 bits per heavy atom. The largest absolute Gasteiger partial charge is 0.514 e. The van der Waals surface area contributed by atoms with E-state index in [0.29, 0.717) is 23.4 Å². The number of pyridine rings is 1. The van der Waals surface area contributed by atoms with Gasteiger partial charge < -0.3 is 41.2 Å². The predicted octanol–water partition coefficient (Wildman–Crippen LogP) is 4.77. The summed E-state index contributed by atoms with van der Waals surface area (Å²) in [7, 11) is 2.90. The van der Waals surface area contributed by atoms with Gasteiger partial charge in [0.15, 0.2) is 0 Å². The highest BCUT2D eigenvalue weighted by atomic mass is 33.1. The SMILES string of the molecule is CC(C)[C@H](NC(=O)OCCSSc1ccccn1)C(=O)N[C@@H](CCCNC(N)=O)C(=O)Nc1ccc(COC(=O)Oc2ccc([N+](=O)[O-])cc2)cc1. The quantitative estimate of drug-likeness (QED) is 0.0277. The monoisotopic (exact) mass is 757 g/mol. The molecular formula is C33H39N7O10S2. The number of rotatable bonds is 19. The molecule has 5 amide bonds. The number of nitrogens with zero attached hydrogens (tertiary/aromatic N) is 2. The van der Waals surface area contributed by atoms with Crippen LogP contribution in [0.15, 0.2) is 78.0 Å². The highest BCUT2D eigenvalue weighted by Crippen LogP contribution is 2.28. The second-order valence-electron chi connectivity index (χ2n) is 11.1. The van der Waals surface area contributed by atoms with Gasteiger partial charge in [-0.3, -0.25) is 19.7 Å². The summed E-state index contributed by atoms with van der Waals surface area (Å²) in [5.74, 6) is -0.973. The highest BCUT2D eigenvalue weighted by molar-refractivity contribution is 8.76. The summed E-state index contributed by atoms with van der Waals surface area (Å²) in [4.78, 5) is 76.8. The maximum absolute atomic E-state index is 13.3. The van der Waals surface area contributed by atoms with Gasteiger partial charge in [0.05, 0.1) is 4.92 Å². The molecule has 0 radical (unpaired) electrons. The van der Waals surface area contributed by atoms with Crippen LogP contribution in [0.1, 0.15) is 32.3 Å². The average molecular weight is 758 g/mol. The maximum atomic E-state index is 13.3. The van der Waals surface area contributed by atoms with Gasteiger partial charge in [0.1, 0.15) is 36.1 Å². The topological polar surface area (TPSA) is 243 Å². The zero-order valence-electron chi connectivity index (χ0n) is 28.3. The first-order valence-corrected chi connectivity index (χ1v) is 18.2. The molecule has 0 spiro atoms. The number of non-ortho nitro benzene ring substituents is 1. The number of hydrogen-bond donors (Lipinski definition) is 5. The van der Waals surface area contributed by atoms with Gasteiger partial charge in [0.25, 0.3) is 5.69 Å². The number of nitro groups is 1. The molecule has 2 atom stereocenters. The smallest absolute Gasteiger partial charge is 0.449 e. The van der Waals surface area contributed by atoms with Crippen molar-refractivity contribution in [2.45, 2.75) is 50.4 Å². The molecule has 19 heteroatoms. The van der Waals surface area contributed by atoms with Gasteiger partial charge in [0.2, 0.25) is 11.8 Å². The van der Waals surface area contributed by atoms with E-state index in [2.05, 4.69) is 26.3 Å². The van der Waals surface area contributed by atoms with Gasteiger partial charge in [-0.15, -0.1) is 0 Å². The number of alkyl carbamates (subject to hydrolysis) is 1. The molecule has 278 valence electrons. The number of carbonyl (C=O) groups excluding carboxylic acids is 5. The van der Waals surface area contributed by atoms with Gasteiger partial charge in [-0.05, 0) is 71.5 Å². The molecule has 6 N–H and O–H groups in total. The van der Waals surface area contributed by atoms with E-state index in [4.69, 9.17) is 19.9 Å². The third-order valence-corrected chi connectivity index (χ3v) is 9.06. The number of primary amides is 1. The Balaban J connectivity index is 1.52. The molecule has 0 saturated carbocycles.